The second-order valence-electron chi connectivity index (χ2n) is 4.57. The van der Waals surface area contributed by atoms with Crippen LogP contribution in [-0.4, -0.2) is 36.4 Å². The lowest BCUT2D eigenvalue weighted by Gasteiger charge is -2.32. The number of hydrogen-bond donors (Lipinski definition) is 1. The van der Waals surface area contributed by atoms with Crippen LogP contribution in [0.1, 0.15) is 31.6 Å². The third-order valence-corrected chi connectivity index (χ3v) is 3.34. The highest BCUT2D eigenvalue weighted by atomic mass is 16.5. The third kappa shape index (κ3) is 2.96. The van der Waals surface area contributed by atoms with Gasteiger partial charge in [-0.25, -0.2) is 0 Å². The van der Waals surface area contributed by atoms with E-state index in [1.54, 1.807) is 6.92 Å². The van der Waals surface area contributed by atoms with Crippen LogP contribution in [0, 0.1) is 0 Å². The van der Waals surface area contributed by atoms with Crippen molar-refractivity contribution in [3.05, 3.63) is 24.0 Å². The number of hydrogen-bond acceptors (Lipinski definition) is 4. The van der Waals surface area contributed by atoms with Gasteiger partial charge >= 0.3 is 0 Å². The first-order valence-corrected chi connectivity index (χ1v) is 6.13. The minimum absolute atomic E-state index is 0.502. The summed E-state index contributed by atoms with van der Waals surface area (Å²) in [6, 6.07) is 4.43. The average molecular weight is 236 g/mol. The van der Waals surface area contributed by atoms with Crippen molar-refractivity contribution >= 4 is 5.69 Å². The minimum atomic E-state index is -0.502. The van der Waals surface area contributed by atoms with Crippen LogP contribution < -0.4 is 4.90 Å². The number of aliphatic hydroxyl groups is 1. The van der Waals surface area contributed by atoms with Crippen molar-refractivity contribution in [1.29, 1.82) is 0 Å². The minimum Gasteiger partial charge on any atom is -0.387 e. The molecule has 0 aromatic carbocycles. The standard InChI is InChI=1S/C13H20N2O2/c1-10(16)13-4-3-12(9-14-13)15(2)11-5-7-17-8-6-11/h3-4,9-11,16H,5-8H2,1-2H3. The van der Waals surface area contributed by atoms with E-state index < -0.39 is 6.10 Å². The summed E-state index contributed by atoms with van der Waals surface area (Å²) < 4.78 is 5.36. The molecule has 0 spiro atoms. The molecule has 1 atom stereocenters. The number of aromatic nitrogens is 1. The van der Waals surface area contributed by atoms with Crippen LogP contribution in [0.4, 0.5) is 5.69 Å². The monoisotopic (exact) mass is 236 g/mol. The zero-order valence-electron chi connectivity index (χ0n) is 10.5. The molecule has 0 aliphatic carbocycles. The van der Waals surface area contributed by atoms with Crippen molar-refractivity contribution in [3.63, 3.8) is 0 Å². The quantitative estimate of drug-likeness (QED) is 0.868. The summed E-state index contributed by atoms with van der Waals surface area (Å²) in [5.41, 5.74) is 1.82. The Balaban J connectivity index is 2.05. The lowest BCUT2D eigenvalue weighted by molar-refractivity contribution is 0.0855. The molecule has 0 amide bonds. The predicted molar refractivity (Wildman–Crippen MR) is 67.1 cm³/mol. The summed E-state index contributed by atoms with van der Waals surface area (Å²) in [5.74, 6) is 0. The zero-order valence-corrected chi connectivity index (χ0v) is 10.5. The number of aliphatic hydroxyl groups excluding tert-OH is 1. The highest BCUT2D eigenvalue weighted by Crippen LogP contribution is 2.21. The molecule has 1 fully saturated rings. The molecule has 1 aromatic heterocycles. The first-order valence-electron chi connectivity index (χ1n) is 6.13. The molecule has 1 N–H and O–H groups in total. The van der Waals surface area contributed by atoms with Gasteiger partial charge in [0, 0.05) is 26.3 Å². The first kappa shape index (κ1) is 12.3. The van der Waals surface area contributed by atoms with Gasteiger partial charge in [0.05, 0.1) is 23.7 Å². The van der Waals surface area contributed by atoms with Crippen LogP contribution in [0.3, 0.4) is 0 Å². The fourth-order valence-electron chi connectivity index (χ4n) is 2.14. The molecule has 2 heterocycles. The van der Waals surface area contributed by atoms with Crippen LogP contribution in [0.2, 0.25) is 0 Å². The summed E-state index contributed by atoms with van der Waals surface area (Å²) in [7, 11) is 2.09. The number of anilines is 1. The van der Waals surface area contributed by atoms with Gasteiger partial charge in [-0.15, -0.1) is 0 Å². The fraction of sp³-hybridized carbons (Fsp3) is 0.615. The summed E-state index contributed by atoms with van der Waals surface area (Å²) in [6.07, 6.45) is 3.46. The van der Waals surface area contributed by atoms with Crippen LogP contribution in [0.5, 0.6) is 0 Å². The summed E-state index contributed by atoms with van der Waals surface area (Å²) in [4.78, 5) is 6.52. The molecule has 4 nitrogen and oxygen atoms in total. The molecule has 94 valence electrons. The lowest BCUT2D eigenvalue weighted by atomic mass is 10.1. The van der Waals surface area contributed by atoms with E-state index in [9.17, 15) is 5.11 Å². The highest BCUT2D eigenvalue weighted by molar-refractivity contribution is 5.45. The van der Waals surface area contributed by atoms with E-state index in [0.717, 1.165) is 31.7 Å². The highest BCUT2D eigenvalue weighted by Gasteiger charge is 2.19. The second kappa shape index (κ2) is 5.47. The summed E-state index contributed by atoms with van der Waals surface area (Å²) >= 11 is 0. The Morgan fingerprint density at radius 2 is 2.12 bits per heavy atom. The average Bonchev–Trinajstić information content (AvgIpc) is 2.39. The van der Waals surface area contributed by atoms with Crippen molar-refractivity contribution in [1.82, 2.24) is 4.98 Å². The number of ether oxygens (including phenoxy) is 1. The van der Waals surface area contributed by atoms with Gasteiger partial charge in [-0.1, -0.05) is 0 Å². The van der Waals surface area contributed by atoms with Gasteiger partial charge in [-0.2, -0.15) is 0 Å². The topological polar surface area (TPSA) is 45.6 Å². The predicted octanol–water partition coefficient (Wildman–Crippen LogP) is 1.75. The molecule has 17 heavy (non-hydrogen) atoms. The van der Waals surface area contributed by atoms with Crippen LogP contribution in [0.25, 0.3) is 0 Å². The molecule has 4 heteroatoms. The van der Waals surface area contributed by atoms with E-state index in [1.807, 2.05) is 18.3 Å². The van der Waals surface area contributed by atoms with Gasteiger partial charge < -0.3 is 14.7 Å². The lowest BCUT2D eigenvalue weighted by Crippen LogP contribution is -2.36. The van der Waals surface area contributed by atoms with Gasteiger partial charge in [-0.3, -0.25) is 4.98 Å². The Morgan fingerprint density at radius 1 is 1.41 bits per heavy atom. The molecule has 2 rings (SSSR count). The van der Waals surface area contributed by atoms with E-state index in [0.29, 0.717) is 11.7 Å². The molecule has 0 saturated carbocycles. The Labute approximate surface area is 102 Å². The van der Waals surface area contributed by atoms with Crippen LogP contribution >= 0.6 is 0 Å². The molecule has 1 unspecified atom stereocenters. The summed E-state index contributed by atoms with van der Waals surface area (Å²) in [5, 5.41) is 9.41. The van der Waals surface area contributed by atoms with Crippen molar-refractivity contribution in [2.75, 3.05) is 25.2 Å². The van der Waals surface area contributed by atoms with E-state index >= 15 is 0 Å². The largest absolute Gasteiger partial charge is 0.387 e. The molecule has 1 saturated heterocycles. The number of rotatable bonds is 3. The Bertz CT molecular complexity index is 345. The second-order valence-corrected chi connectivity index (χ2v) is 4.57. The van der Waals surface area contributed by atoms with E-state index in [4.69, 9.17) is 4.74 Å². The van der Waals surface area contributed by atoms with Crippen LogP contribution in [-0.2, 0) is 4.74 Å². The SMILES string of the molecule is CC(O)c1ccc(N(C)C2CCOCC2)cn1. The van der Waals surface area contributed by atoms with E-state index in [-0.39, 0.29) is 0 Å². The fourth-order valence-corrected chi connectivity index (χ4v) is 2.14. The Kier molecular flexibility index (Phi) is 3.97. The smallest absolute Gasteiger partial charge is 0.0931 e. The van der Waals surface area contributed by atoms with Gasteiger partial charge in [0.25, 0.3) is 0 Å². The molecule has 1 aliphatic rings. The molecular weight excluding hydrogens is 216 g/mol. The molecule has 0 bridgehead atoms. The number of nitrogens with zero attached hydrogens (tertiary/aromatic N) is 2. The van der Waals surface area contributed by atoms with Gasteiger partial charge in [-0.05, 0) is 31.9 Å². The molecule has 0 radical (unpaired) electrons. The Hall–Kier alpha value is -1.13. The maximum atomic E-state index is 9.41. The van der Waals surface area contributed by atoms with Gasteiger partial charge in [0.1, 0.15) is 0 Å². The molecular formula is C13H20N2O2. The maximum absolute atomic E-state index is 9.41. The van der Waals surface area contributed by atoms with Crippen LogP contribution in [0.15, 0.2) is 18.3 Å². The van der Waals surface area contributed by atoms with E-state index in [1.165, 1.54) is 0 Å². The molecule has 1 aromatic rings. The van der Waals surface area contributed by atoms with Gasteiger partial charge in [0.15, 0.2) is 0 Å². The van der Waals surface area contributed by atoms with Crippen molar-refractivity contribution in [2.45, 2.75) is 31.9 Å². The normalized spacial score (nSPS) is 19.0. The zero-order chi connectivity index (χ0) is 12.3. The molecule has 1 aliphatic heterocycles. The third-order valence-electron chi connectivity index (χ3n) is 3.34. The van der Waals surface area contributed by atoms with Crippen molar-refractivity contribution < 1.29 is 9.84 Å². The van der Waals surface area contributed by atoms with Crippen molar-refractivity contribution in [3.8, 4) is 0 Å². The van der Waals surface area contributed by atoms with E-state index in [2.05, 4.69) is 16.9 Å². The van der Waals surface area contributed by atoms with Crippen molar-refractivity contribution in [2.24, 2.45) is 0 Å². The van der Waals surface area contributed by atoms with Gasteiger partial charge in [0.2, 0.25) is 0 Å². The first-order chi connectivity index (χ1) is 8.18. The Morgan fingerprint density at radius 3 is 2.65 bits per heavy atom. The summed E-state index contributed by atoms with van der Waals surface area (Å²) in [6.45, 7) is 3.41. The maximum Gasteiger partial charge on any atom is 0.0931 e. The number of pyridine rings is 1.